The summed E-state index contributed by atoms with van der Waals surface area (Å²) < 4.78 is 0. The Morgan fingerprint density at radius 1 is 1.47 bits per heavy atom. The number of halogens is 1. The summed E-state index contributed by atoms with van der Waals surface area (Å²) in [4.78, 5) is 16.6. The molecule has 19 heavy (non-hydrogen) atoms. The highest BCUT2D eigenvalue weighted by Crippen LogP contribution is 2.39. The molecule has 1 aromatic heterocycles. The molecule has 0 aliphatic heterocycles. The van der Waals surface area contributed by atoms with Crippen molar-refractivity contribution in [3.63, 3.8) is 0 Å². The third-order valence-electron chi connectivity index (χ3n) is 3.45. The zero-order valence-corrected chi connectivity index (χ0v) is 12.3. The minimum absolute atomic E-state index is 0.198. The van der Waals surface area contributed by atoms with Crippen LogP contribution in [0.3, 0.4) is 0 Å². The lowest BCUT2D eigenvalue weighted by Gasteiger charge is -2.26. The summed E-state index contributed by atoms with van der Waals surface area (Å²) in [5, 5.41) is 6.49. The first-order chi connectivity index (χ1) is 8.94. The smallest absolute Gasteiger partial charge is 0.271 e. The fraction of sp³-hybridized carbons (Fsp3) is 0.571. The fourth-order valence-electron chi connectivity index (χ4n) is 2.14. The van der Waals surface area contributed by atoms with Gasteiger partial charge in [0.15, 0.2) is 0 Å². The number of amides is 1. The van der Waals surface area contributed by atoms with Gasteiger partial charge in [0.25, 0.3) is 5.91 Å². The lowest BCUT2D eigenvalue weighted by molar-refractivity contribution is 0.0898. The van der Waals surface area contributed by atoms with E-state index in [4.69, 9.17) is 11.6 Å². The number of rotatable bonds is 5. The van der Waals surface area contributed by atoms with E-state index in [1.165, 1.54) is 12.8 Å². The molecule has 1 aliphatic rings. The number of carbonyl (C=O) groups is 1. The number of hydrogen-bond donors (Lipinski definition) is 2. The van der Waals surface area contributed by atoms with Crippen LogP contribution in [0.4, 0.5) is 5.82 Å². The number of carbonyl (C=O) groups excluding carboxylic acids is 1. The molecule has 0 spiro atoms. The molecule has 1 aromatic rings. The Labute approximate surface area is 118 Å². The first kappa shape index (κ1) is 14.1. The quantitative estimate of drug-likeness (QED) is 0.872. The summed E-state index contributed by atoms with van der Waals surface area (Å²) in [6.45, 7) is 6.82. The number of aromatic nitrogens is 1. The van der Waals surface area contributed by atoms with Crippen LogP contribution in [0.15, 0.2) is 12.1 Å². The van der Waals surface area contributed by atoms with Crippen molar-refractivity contribution in [3.8, 4) is 0 Å². The maximum absolute atomic E-state index is 12.3. The molecule has 1 amide bonds. The Morgan fingerprint density at radius 3 is 2.74 bits per heavy atom. The van der Waals surface area contributed by atoms with E-state index in [1.807, 2.05) is 20.8 Å². The van der Waals surface area contributed by atoms with Gasteiger partial charge >= 0.3 is 0 Å². The molecule has 104 valence electrons. The van der Waals surface area contributed by atoms with Gasteiger partial charge in [-0.3, -0.25) is 4.79 Å². The lowest BCUT2D eigenvalue weighted by Crippen LogP contribution is -2.45. The summed E-state index contributed by atoms with van der Waals surface area (Å²) in [6.07, 6.45) is 2.34. The first-order valence-electron chi connectivity index (χ1n) is 6.67. The zero-order valence-electron chi connectivity index (χ0n) is 11.6. The maximum Gasteiger partial charge on any atom is 0.271 e. The number of nitrogens with zero attached hydrogens (tertiary/aromatic N) is 1. The lowest BCUT2D eigenvalue weighted by atomic mass is 9.98. The number of nitrogens with one attached hydrogen (secondary N) is 2. The molecular weight excluding hydrogens is 262 g/mol. The molecular formula is C14H20ClN3O. The molecule has 0 radical (unpaired) electrons. The summed E-state index contributed by atoms with van der Waals surface area (Å²) in [5.41, 5.74) is 0.0878. The van der Waals surface area contributed by atoms with E-state index in [0.717, 1.165) is 6.54 Å². The normalized spacial score (nSPS) is 15.2. The molecule has 2 N–H and O–H groups in total. The average molecular weight is 282 g/mol. The van der Waals surface area contributed by atoms with Crippen LogP contribution in [0, 0.1) is 5.92 Å². The molecule has 0 unspecified atom stereocenters. The molecule has 5 heteroatoms. The van der Waals surface area contributed by atoms with Gasteiger partial charge in [-0.05, 0) is 51.7 Å². The van der Waals surface area contributed by atoms with Crippen molar-refractivity contribution in [2.45, 2.75) is 39.2 Å². The van der Waals surface area contributed by atoms with Crippen molar-refractivity contribution >= 4 is 23.3 Å². The molecule has 0 bridgehead atoms. The number of anilines is 1. The van der Waals surface area contributed by atoms with Crippen LogP contribution in [-0.2, 0) is 0 Å². The highest BCUT2D eigenvalue weighted by atomic mass is 35.5. The van der Waals surface area contributed by atoms with E-state index < -0.39 is 0 Å². The zero-order chi connectivity index (χ0) is 14.0. The largest absolute Gasteiger partial charge is 0.370 e. The number of hydrogen-bond acceptors (Lipinski definition) is 3. The van der Waals surface area contributed by atoms with Crippen LogP contribution in [0.25, 0.3) is 0 Å². The van der Waals surface area contributed by atoms with Gasteiger partial charge in [0.05, 0.1) is 5.02 Å². The van der Waals surface area contributed by atoms with E-state index in [0.29, 0.717) is 16.8 Å². The van der Waals surface area contributed by atoms with Crippen molar-refractivity contribution in [2.24, 2.45) is 5.92 Å². The van der Waals surface area contributed by atoms with Gasteiger partial charge in [0.2, 0.25) is 0 Å². The standard InChI is InChI=1S/C14H20ClN3O/c1-4-16-11-8-7-10(15)12(17-11)13(19)18-14(2,3)9-5-6-9/h7-9H,4-6H2,1-3H3,(H,16,17)(H,18,19). The minimum atomic E-state index is -0.207. The van der Waals surface area contributed by atoms with Crippen molar-refractivity contribution in [2.75, 3.05) is 11.9 Å². The van der Waals surface area contributed by atoms with Crippen molar-refractivity contribution in [1.82, 2.24) is 10.3 Å². The highest BCUT2D eigenvalue weighted by Gasteiger charge is 2.39. The Morgan fingerprint density at radius 2 is 2.16 bits per heavy atom. The van der Waals surface area contributed by atoms with E-state index in [2.05, 4.69) is 15.6 Å². The van der Waals surface area contributed by atoms with Crippen LogP contribution in [0.1, 0.15) is 44.1 Å². The topological polar surface area (TPSA) is 54.0 Å². The fourth-order valence-corrected chi connectivity index (χ4v) is 2.33. The molecule has 1 saturated carbocycles. The maximum atomic E-state index is 12.3. The molecule has 1 aliphatic carbocycles. The molecule has 0 saturated heterocycles. The predicted octanol–water partition coefficient (Wildman–Crippen LogP) is 3.09. The Bertz CT molecular complexity index is 484. The van der Waals surface area contributed by atoms with Gasteiger partial charge in [-0.25, -0.2) is 4.98 Å². The SMILES string of the molecule is CCNc1ccc(Cl)c(C(=O)NC(C)(C)C2CC2)n1. The van der Waals surface area contributed by atoms with Gasteiger partial charge in [-0.2, -0.15) is 0 Å². The third-order valence-corrected chi connectivity index (χ3v) is 3.76. The molecule has 0 atom stereocenters. The molecule has 4 nitrogen and oxygen atoms in total. The number of pyridine rings is 1. The van der Waals surface area contributed by atoms with Gasteiger partial charge in [0, 0.05) is 12.1 Å². The Hall–Kier alpha value is -1.29. The van der Waals surface area contributed by atoms with Crippen LogP contribution < -0.4 is 10.6 Å². The molecule has 1 fully saturated rings. The van der Waals surface area contributed by atoms with Crippen molar-refractivity contribution in [3.05, 3.63) is 22.8 Å². The van der Waals surface area contributed by atoms with Gasteiger partial charge < -0.3 is 10.6 Å². The molecule has 0 aromatic carbocycles. The third kappa shape index (κ3) is 3.38. The van der Waals surface area contributed by atoms with E-state index in [-0.39, 0.29) is 17.1 Å². The van der Waals surface area contributed by atoms with Crippen LogP contribution in [0.2, 0.25) is 5.02 Å². The van der Waals surface area contributed by atoms with Crippen LogP contribution in [-0.4, -0.2) is 23.0 Å². The van der Waals surface area contributed by atoms with Gasteiger partial charge in [-0.15, -0.1) is 0 Å². The Kier molecular flexibility index (Phi) is 3.99. The highest BCUT2D eigenvalue weighted by molar-refractivity contribution is 6.33. The van der Waals surface area contributed by atoms with Gasteiger partial charge in [-0.1, -0.05) is 11.6 Å². The molecule has 1 heterocycles. The summed E-state index contributed by atoms with van der Waals surface area (Å²) in [7, 11) is 0. The summed E-state index contributed by atoms with van der Waals surface area (Å²) in [6, 6.07) is 3.47. The second-order valence-corrected chi connectivity index (χ2v) is 5.91. The summed E-state index contributed by atoms with van der Waals surface area (Å²) >= 11 is 6.06. The van der Waals surface area contributed by atoms with Crippen molar-refractivity contribution < 1.29 is 4.79 Å². The minimum Gasteiger partial charge on any atom is -0.370 e. The van der Waals surface area contributed by atoms with Crippen molar-refractivity contribution in [1.29, 1.82) is 0 Å². The second kappa shape index (κ2) is 5.37. The monoisotopic (exact) mass is 281 g/mol. The predicted molar refractivity (Wildman–Crippen MR) is 77.7 cm³/mol. The average Bonchev–Trinajstić information content (AvgIpc) is 3.15. The van der Waals surface area contributed by atoms with Crippen LogP contribution >= 0.6 is 11.6 Å². The second-order valence-electron chi connectivity index (χ2n) is 5.51. The van der Waals surface area contributed by atoms with E-state index in [1.54, 1.807) is 12.1 Å². The van der Waals surface area contributed by atoms with E-state index >= 15 is 0 Å². The van der Waals surface area contributed by atoms with E-state index in [9.17, 15) is 4.79 Å². The Balaban J connectivity index is 2.15. The van der Waals surface area contributed by atoms with Crippen LogP contribution in [0.5, 0.6) is 0 Å². The first-order valence-corrected chi connectivity index (χ1v) is 7.04. The molecule has 2 rings (SSSR count). The van der Waals surface area contributed by atoms with Gasteiger partial charge in [0.1, 0.15) is 11.5 Å². The summed E-state index contributed by atoms with van der Waals surface area (Å²) in [5.74, 6) is 1.02.